The van der Waals surface area contributed by atoms with Gasteiger partial charge in [0.2, 0.25) is 11.8 Å². The van der Waals surface area contributed by atoms with Crippen LogP contribution in [0.1, 0.15) is 15.9 Å². The normalized spacial score (nSPS) is 10.5. The van der Waals surface area contributed by atoms with Crippen molar-refractivity contribution in [3.8, 4) is 22.9 Å². The largest absolute Gasteiger partial charge is 0.545 e. The van der Waals surface area contributed by atoms with E-state index >= 15 is 0 Å². The third kappa shape index (κ3) is 2.67. The molecule has 0 aliphatic rings. The third-order valence-corrected chi connectivity index (χ3v) is 3.09. The molecule has 3 aromatic rings. The summed E-state index contributed by atoms with van der Waals surface area (Å²) in [4.78, 5) is 10.7. The Morgan fingerprint density at radius 3 is 1.86 bits per heavy atom. The Hall–Kier alpha value is -2.95. The maximum absolute atomic E-state index is 10.7. The molecule has 1 aromatic heterocycles. The summed E-state index contributed by atoms with van der Waals surface area (Å²) in [6.45, 7) is 2.00. The number of benzene rings is 2. The molecule has 5 heteroatoms. The lowest BCUT2D eigenvalue weighted by atomic mass is 10.1. The maximum atomic E-state index is 10.7. The van der Waals surface area contributed by atoms with Crippen molar-refractivity contribution in [1.82, 2.24) is 10.2 Å². The Bertz CT molecular complexity index is 774. The summed E-state index contributed by atoms with van der Waals surface area (Å²) in [6, 6.07) is 13.9. The Kier molecular flexibility index (Phi) is 3.23. The second kappa shape index (κ2) is 5.20. The molecule has 21 heavy (non-hydrogen) atoms. The molecule has 0 spiro atoms. The highest BCUT2D eigenvalue weighted by atomic mass is 16.4. The number of carboxylic acids is 1. The number of aromatic carboxylic acids is 1. The van der Waals surface area contributed by atoms with Gasteiger partial charge < -0.3 is 14.3 Å². The third-order valence-electron chi connectivity index (χ3n) is 3.09. The lowest BCUT2D eigenvalue weighted by Gasteiger charge is -2.01. The number of nitrogens with zero attached hydrogens (tertiary/aromatic N) is 2. The van der Waals surface area contributed by atoms with Crippen LogP contribution in [-0.2, 0) is 0 Å². The molecule has 2 aromatic carbocycles. The molecule has 0 saturated carbocycles. The van der Waals surface area contributed by atoms with E-state index in [0.29, 0.717) is 17.3 Å². The molecule has 0 unspecified atom stereocenters. The first-order chi connectivity index (χ1) is 10.1. The number of aryl methyl sites for hydroxylation is 1. The number of rotatable bonds is 3. The average Bonchev–Trinajstić information content (AvgIpc) is 2.98. The van der Waals surface area contributed by atoms with Crippen molar-refractivity contribution in [3.05, 3.63) is 59.7 Å². The van der Waals surface area contributed by atoms with Gasteiger partial charge in [0.1, 0.15) is 0 Å². The van der Waals surface area contributed by atoms with Crippen molar-refractivity contribution >= 4 is 5.97 Å². The standard InChI is InChI=1S/C16H12N2O3/c1-10-2-4-11(5-3-10)14-17-18-15(21-14)12-6-8-13(9-7-12)16(19)20/h2-9H,1H3,(H,19,20)/p-1. The topological polar surface area (TPSA) is 79.0 Å². The van der Waals surface area contributed by atoms with Crippen molar-refractivity contribution in [3.63, 3.8) is 0 Å². The van der Waals surface area contributed by atoms with E-state index in [4.69, 9.17) is 4.42 Å². The van der Waals surface area contributed by atoms with Crippen LogP contribution in [0.3, 0.4) is 0 Å². The van der Waals surface area contributed by atoms with Gasteiger partial charge in [0.05, 0.1) is 5.97 Å². The maximum Gasteiger partial charge on any atom is 0.248 e. The number of hydrogen-bond acceptors (Lipinski definition) is 5. The Morgan fingerprint density at radius 2 is 1.38 bits per heavy atom. The molecular weight excluding hydrogens is 268 g/mol. The molecule has 0 aliphatic carbocycles. The summed E-state index contributed by atoms with van der Waals surface area (Å²) < 4.78 is 5.61. The summed E-state index contributed by atoms with van der Waals surface area (Å²) in [7, 11) is 0. The van der Waals surface area contributed by atoms with Crippen molar-refractivity contribution < 1.29 is 14.3 Å². The van der Waals surface area contributed by atoms with Crippen LogP contribution in [0.25, 0.3) is 22.9 Å². The Morgan fingerprint density at radius 1 is 0.905 bits per heavy atom. The first-order valence-corrected chi connectivity index (χ1v) is 6.36. The predicted molar refractivity (Wildman–Crippen MR) is 74.2 cm³/mol. The van der Waals surface area contributed by atoms with Crippen molar-refractivity contribution in [2.45, 2.75) is 6.92 Å². The molecule has 1 heterocycles. The van der Waals surface area contributed by atoms with Gasteiger partial charge in [-0.25, -0.2) is 0 Å². The number of carbonyl (C=O) groups is 1. The van der Waals surface area contributed by atoms with Crippen molar-refractivity contribution in [2.75, 3.05) is 0 Å². The van der Waals surface area contributed by atoms with Gasteiger partial charge in [-0.3, -0.25) is 0 Å². The van der Waals surface area contributed by atoms with E-state index in [0.717, 1.165) is 11.1 Å². The predicted octanol–water partition coefficient (Wildman–Crippen LogP) is 2.08. The van der Waals surface area contributed by atoms with E-state index in [1.807, 2.05) is 31.2 Å². The molecule has 0 saturated heterocycles. The van der Waals surface area contributed by atoms with Gasteiger partial charge in [-0.2, -0.15) is 0 Å². The minimum atomic E-state index is -1.22. The van der Waals surface area contributed by atoms with Crippen LogP contribution in [0.4, 0.5) is 0 Å². The zero-order chi connectivity index (χ0) is 14.8. The van der Waals surface area contributed by atoms with Crippen LogP contribution < -0.4 is 5.11 Å². The molecule has 0 amide bonds. The van der Waals surface area contributed by atoms with Crippen LogP contribution in [-0.4, -0.2) is 16.2 Å². The van der Waals surface area contributed by atoms with Gasteiger partial charge in [-0.1, -0.05) is 29.8 Å². The molecule has 0 atom stereocenters. The molecule has 104 valence electrons. The van der Waals surface area contributed by atoms with Crippen LogP contribution in [0.2, 0.25) is 0 Å². The van der Waals surface area contributed by atoms with Gasteiger partial charge in [-0.05, 0) is 36.8 Å². The van der Waals surface area contributed by atoms with E-state index in [-0.39, 0.29) is 5.56 Å². The lowest BCUT2D eigenvalue weighted by Crippen LogP contribution is -2.21. The fraction of sp³-hybridized carbons (Fsp3) is 0.0625. The van der Waals surface area contributed by atoms with Crippen LogP contribution in [0.15, 0.2) is 52.9 Å². The number of carboxylic acid groups (broad SMARTS) is 1. The van der Waals surface area contributed by atoms with Crippen molar-refractivity contribution in [1.29, 1.82) is 0 Å². The zero-order valence-electron chi connectivity index (χ0n) is 11.2. The van der Waals surface area contributed by atoms with Crippen LogP contribution in [0.5, 0.6) is 0 Å². The molecule has 3 rings (SSSR count). The molecule has 0 aliphatic heterocycles. The molecular formula is C16H11N2O3-. The Labute approximate surface area is 120 Å². The van der Waals surface area contributed by atoms with E-state index in [2.05, 4.69) is 10.2 Å². The van der Waals surface area contributed by atoms with E-state index < -0.39 is 5.97 Å². The van der Waals surface area contributed by atoms with Gasteiger partial charge in [-0.15, -0.1) is 10.2 Å². The van der Waals surface area contributed by atoms with Gasteiger partial charge in [0, 0.05) is 11.1 Å². The average molecular weight is 279 g/mol. The lowest BCUT2D eigenvalue weighted by molar-refractivity contribution is -0.255. The van der Waals surface area contributed by atoms with E-state index in [1.165, 1.54) is 12.1 Å². The number of aromatic nitrogens is 2. The molecule has 0 N–H and O–H groups in total. The fourth-order valence-electron chi connectivity index (χ4n) is 1.90. The fourth-order valence-corrected chi connectivity index (χ4v) is 1.90. The van der Waals surface area contributed by atoms with E-state index in [9.17, 15) is 9.90 Å². The molecule has 5 nitrogen and oxygen atoms in total. The highest BCUT2D eigenvalue weighted by molar-refractivity contribution is 5.86. The summed E-state index contributed by atoms with van der Waals surface area (Å²) in [5.74, 6) is -0.447. The SMILES string of the molecule is Cc1ccc(-c2nnc(-c3ccc(C(=O)[O-])cc3)o2)cc1. The second-order valence-electron chi connectivity index (χ2n) is 4.64. The Balaban J connectivity index is 1.90. The summed E-state index contributed by atoms with van der Waals surface area (Å²) in [5, 5.41) is 18.7. The summed E-state index contributed by atoms with van der Waals surface area (Å²) in [6.07, 6.45) is 0. The summed E-state index contributed by atoms with van der Waals surface area (Å²) >= 11 is 0. The van der Waals surface area contributed by atoms with Crippen LogP contribution >= 0.6 is 0 Å². The minimum Gasteiger partial charge on any atom is -0.545 e. The summed E-state index contributed by atoms with van der Waals surface area (Å²) in [5.41, 5.74) is 2.75. The van der Waals surface area contributed by atoms with E-state index in [1.54, 1.807) is 12.1 Å². The van der Waals surface area contributed by atoms with Gasteiger partial charge in [0.25, 0.3) is 0 Å². The second-order valence-corrected chi connectivity index (χ2v) is 4.64. The first kappa shape index (κ1) is 13.1. The molecule has 0 bridgehead atoms. The quantitative estimate of drug-likeness (QED) is 0.733. The van der Waals surface area contributed by atoms with Gasteiger partial charge >= 0.3 is 0 Å². The monoisotopic (exact) mass is 279 g/mol. The number of carbonyl (C=O) groups excluding carboxylic acids is 1. The highest BCUT2D eigenvalue weighted by Gasteiger charge is 2.10. The molecule has 0 fully saturated rings. The zero-order valence-corrected chi connectivity index (χ0v) is 11.2. The number of hydrogen-bond donors (Lipinski definition) is 0. The van der Waals surface area contributed by atoms with Gasteiger partial charge in [0.15, 0.2) is 0 Å². The smallest absolute Gasteiger partial charge is 0.248 e. The first-order valence-electron chi connectivity index (χ1n) is 6.36. The van der Waals surface area contributed by atoms with Crippen LogP contribution in [0, 0.1) is 6.92 Å². The van der Waals surface area contributed by atoms with Crippen molar-refractivity contribution in [2.24, 2.45) is 0 Å². The molecule has 0 radical (unpaired) electrons. The highest BCUT2D eigenvalue weighted by Crippen LogP contribution is 2.24. The minimum absolute atomic E-state index is 0.108.